The Bertz CT molecular complexity index is 607. The summed E-state index contributed by atoms with van der Waals surface area (Å²) in [5.74, 6) is 1.04. The second kappa shape index (κ2) is 6.93. The molecule has 130 valence electrons. The van der Waals surface area contributed by atoms with Crippen LogP contribution in [0.4, 0.5) is 0 Å². The molecule has 0 radical (unpaired) electrons. The minimum atomic E-state index is -0.0750. The third-order valence-corrected chi connectivity index (χ3v) is 5.98. The summed E-state index contributed by atoms with van der Waals surface area (Å²) >= 11 is 6.07. The fourth-order valence-corrected chi connectivity index (χ4v) is 4.55. The van der Waals surface area contributed by atoms with Crippen molar-refractivity contribution in [1.29, 1.82) is 0 Å². The quantitative estimate of drug-likeness (QED) is 0.823. The lowest BCUT2D eigenvalue weighted by Crippen LogP contribution is -2.53. The summed E-state index contributed by atoms with van der Waals surface area (Å²) in [7, 11) is 0. The first-order valence-electron chi connectivity index (χ1n) is 9.15. The van der Waals surface area contributed by atoms with Crippen LogP contribution >= 0.6 is 11.6 Å². The molecule has 1 atom stereocenters. The molecule has 5 heteroatoms. The van der Waals surface area contributed by atoms with E-state index >= 15 is 0 Å². The Kier molecular flexibility index (Phi) is 4.68. The van der Waals surface area contributed by atoms with Gasteiger partial charge in [0.25, 0.3) is 0 Å². The molecule has 3 aliphatic rings. The van der Waals surface area contributed by atoms with Crippen LogP contribution < -0.4 is 4.74 Å². The number of piperazine rings is 1. The number of amides is 1. The van der Waals surface area contributed by atoms with Crippen molar-refractivity contribution < 1.29 is 9.53 Å². The van der Waals surface area contributed by atoms with Gasteiger partial charge in [-0.3, -0.25) is 9.69 Å². The number of carbonyl (C=O) groups is 1. The van der Waals surface area contributed by atoms with Gasteiger partial charge < -0.3 is 9.64 Å². The Balaban J connectivity index is 1.35. The van der Waals surface area contributed by atoms with Gasteiger partial charge in [0.1, 0.15) is 12.4 Å². The standard InChI is InChI=1S/C19H25ClN2O2/c20-16-5-6-18-14(12-16)11-15(13-24-18)19(23)22-9-7-21(8-10-22)17-3-1-2-4-17/h5-6,12,15,17H,1-4,7-11,13H2. The monoisotopic (exact) mass is 348 g/mol. The lowest BCUT2D eigenvalue weighted by molar-refractivity contribution is -0.139. The Hall–Kier alpha value is -1.26. The van der Waals surface area contributed by atoms with Gasteiger partial charge in [-0.05, 0) is 43.0 Å². The van der Waals surface area contributed by atoms with E-state index < -0.39 is 0 Å². The van der Waals surface area contributed by atoms with Crippen LogP contribution in [0.25, 0.3) is 0 Å². The van der Waals surface area contributed by atoms with Crippen LogP contribution in [0.5, 0.6) is 5.75 Å². The molecule has 0 bridgehead atoms. The summed E-state index contributed by atoms with van der Waals surface area (Å²) in [6, 6.07) is 6.42. The van der Waals surface area contributed by atoms with Crippen LogP contribution in [0, 0.1) is 5.92 Å². The van der Waals surface area contributed by atoms with E-state index in [1.807, 2.05) is 23.1 Å². The second-order valence-electron chi connectivity index (χ2n) is 7.26. The van der Waals surface area contributed by atoms with Crippen molar-refractivity contribution in [2.75, 3.05) is 32.8 Å². The van der Waals surface area contributed by atoms with Crippen molar-refractivity contribution in [1.82, 2.24) is 9.80 Å². The van der Waals surface area contributed by atoms with E-state index in [1.165, 1.54) is 25.7 Å². The average molecular weight is 349 g/mol. The van der Waals surface area contributed by atoms with E-state index in [1.54, 1.807) is 0 Å². The van der Waals surface area contributed by atoms with Crippen LogP contribution in [0.1, 0.15) is 31.2 Å². The van der Waals surface area contributed by atoms with E-state index in [4.69, 9.17) is 16.3 Å². The molecule has 1 aromatic rings. The van der Waals surface area contributed by atoms with E-state index in [-0.39, 0.29) is 11.8 Å². The van der Waals surface area contributed by atoms with E-state index in [0.29, 0.717) is 11.6 Å². The molecule has 2 heterocycles. The van der Waals surface area contributed by atoms with Crippen LogP contribution in [0.2, 0.25) is 5.02 Å². The molecule has 0 spiro atoms. The van der Waals surface area contributed by atoms with Gasteiger partial charge in [0, 0.05) is 37.2 Å². The van der Waals surface area contributed by atoms with Gasteiger partial charge in [-0.2, -0.15) is 0 Å². The Morgan fingerprint density at radius 1 is 1.12 bits per heavy atom. The molecule has 0 N–H and O–H groups in total. The molecule has 1 amide bonds. The summed E-state index contributed by atoms with van der Waals surface area (Å²) < 4.78 is 5.79. The van der Waals surface area contributed by atoms with Gasteiger partial charge in [-0.15, -0.1) is 0 Å². The first-order chi connectivity index (χ1) is 11.7. The summed E-state index contributed by atoms with van der Waals surface area (Å²) in [5, 5.41) is 0.704. The molecule has 1 saturated heterocycles. The Morgan fingerprint density at radius 2 is 1.88 bits per heavy atom. The lowest BCUT2D eigenvalue weighted by atomic mass is 9.95. The van der Waals surface area contributed by atoms with Crippen LogP contribution in [-0.4, -0.2) is 54.5 Å². The normalized spacial score (nSPS) is 25.4. The smallest absolute Gasteiger partial charge is 0.229 e. The van der Waals surface area contributed by atoms with Crippen molar-refractivity contribution in [3.63, 3.8) is 0 Å². The molecule has 1 unspecified atom stereocenters. The highest BCUT2D eigenvalue weighted by atomic mass is 35.5. The fraction of sp³-hybridized carbons (Fsp3) is 0.632. The average Bonchev–Trinajstić information content (AvgIpc) is 3.15. The molecule has 1 aromatic carbocycles. The number of ether oxygens (including phenoxy) is 1. The van der Waals surface area contributed by atoms with Crippen molar-refractivity contribution >= 4 is 17.5 Å². The number of rotatable bonds is 2. The number of hydrogen-bond donors (Lipinski definition) is 0. The Labute approximate surface area is 148 Å². The highest BCUT2D eigenvalue weighted by Crippen LogP contribution is 2.31. The number of carbonyl (C=O) groups excluding carboxylic acids is 1. The maximum atomic E-state index is 12.9. The largest absolute Gasteiger partial charge is 0.492 e. The third kappa shape index (κ3) is 3.27. The predicted molar refractivity (Wildman–Crippen MR) is 94.6 cm³/mol. The van der Waals surface area contributed by atoms with Gasteiger partial charge >= 0.3 is 0 Å². The molecular formula is C19H25ClN2O2. The topological polar surface area (TPSA) is 32.8 Å². The molecule has 0 aromatic heterocycles. The van der Waals surface area contributed by atoms with E-state index in [9.17, 15) is 4.79 Å². The minimum Gasteiger partial charge on any atom is -0.492 e. The highest BCUT2D eigenvalue weighted by Gasteiger charge is 2.33. The van der Waals surface area contributed by atoms with Gasteiger partial charge in [-0.25, -0.2) is 0 Å². The number of hydrogen-bond acceptors (Lipinski definition) is 3. The number of fused-ring (bicyclic) bond motifs is 1. The molecule has 1 aliphatic carbocycles. The van der Waals surface area contributed by atoms with Gasteiger partial charge in [0.05, 0.1) is 5.92 Å². The van der Waals surface area contributed by atoms with Gasteiger partial charge in [0.15, 0.2) is 0 Å². The summed E-state index contributed by atoms with van der Waals surface area (Å²) in [4.78, 5) is 17.5. The minimum absolute atomic E-state index is 0.0750. The van der Waals surface area contributed by atoms with E-state index in [2.05, 4.69) is 4.90 Å². The van der Waals surface area contributed by atoms with E-state index in [0.717, 1.165) is 50.0 Å². The second-order valence-corrected chi connectivity index (χ2v) is 7.70. The first kappa shape index (κ1) is 16.2. The van der Waals surface area contributed by atoms with Crippen molar-refractivity contribution in [2.24, 2.45) is 5.92 Å². The molecule has 24 heavy (non-hydrogen) atoms. The third-order valence-electron chi connectivity index (χ3n) is 5.75. The van der Waals surface area contributed by atoms with Crippen LogP contribution in [0.15, 0.2) is 18.2 Å². The molecular weight excluding hydrogens is 324 g/mol. The Morgan fingerprint density at radius 3 is 2.62 bits per heavy atom. The summed E-state index contributed by atoms with van der Waals surface area (Å²) in [6.45, 7) is 4.23. The van der Waals surface area contributed by atoms with Crippen LogP contribution in [0.3, 0.4) is 0 Å². The molecule has 2 fully saturated rings. The number of benzene rings is 1. The highest BCUT2D eigenvalue weighted by molar-refractivity contribution is 6.30. The first-order valence-corrected chi connectivity index (χ1v) is 9.52. The summed E-state index contributed by atoms with van der Waals surface area (Å²) in [5.41, 5.74) is 1.05. The SMILES string of the molecule is O=C(C1COc2ccc(Cl)cc2C1)N1CCN(C2CCCC2)CC1. The molecule has 4 rings (SSSR count). The fourth-order valence-electron chi connectivity index (χ4n) is 4.36. The lowest BCUT2D eigenvalue weighted by Gasteiger charge is -2.39. The number of nitrogens with zero attached hydrogens (tertiary/aromatic N) is 2. The van der Waals surface area contributed by atoms with Gasteiger partial charge in [-0.1, -0.05) is 24.4 Å². The summed E-state index contributed by atoms with van der Waals surface area (Å²) in [6.07, 6.45) is 6.14. The zero-order valence-corrected chi connectivity index (χ0v) is 14.8. The zero-order chi connectivity index (χ0) is 16.5. The zero-order valence-electron chi connectivity index (χ0n) is 14.0. The molecule has 4 nitrogen and oxygen atoms in total. The van der Waals surface area contributed by atoms with Crippen molar-refractivity contribution in [3.05, 3.63) is 28.8 Å². The maximum Gasteiger partial charge on any atom is 0.229 e. The van der Waals surface area contributed by atoms with Crippen molar-refractivity contribution in [2.45, 2.75) is 38.1 Å². The number of halogens is 1. The molecule has 1 saturated carbocycles. The molecule has 2 aliphatic heterocycles. The van der Waals surface area contributed by atoms with Gasteiger partial charge in [0.2, 0.25) is 5.91 Å². The van der Waals surface area contributed by atoms with Crippen LogP contribution in [-0.2, 0) is 11.2 Å². The van der Waals surface area contributed by atoms with Crippen molar-refractivity contribution in [3.8, 4) is 5.75 Å². The predicted octanol–water partition coefficient (Wildman–Crippen LogP) is 2.98. The maximum absolute atomic E-state index is 12.9.